The maximum Gasteiger partial charge on any atom is 0.311 e. The van der Waals surface area contributed by atoms with Gasteiger partial charge < -0.3 is 14.2 Å². The van der Waals surface area contributed by atoms with Gasteiger partial charge in [0, 0.05) is 7.11 Å². The van der Waals surface area contributed by atoms with Crippen LogP contribution in [0.2, 0.25) is 0 Å². The zero-order chi connectivity index (χ0) is 12.6. The number of ether oxygens (including phenoxy) is 3. The zero-order valence-electron chi connectivity index (χ0n) is 11.0. The van der Waals surface area contributed by atoms with Gasteiger partial charge in [-0.05, 0) is 27.2 Å². The molecule has 0 saturated carbocycles. The molecule has 16 heavy (non-hydrogen) atoms. The van der Waals surface area contributed by atoms with Crippen LogP contribution in [0.4, 0.5) is 0 Å². The lowest BCUT2D eigenvalue weighted by Gasteiger charge is -2.20. The third kappa shape index (κ3) is 6.08. The van der Waals surface area contributed by atoms with Crippen molar-refractivity contribution in [3.63, 3.8) is 0 Å². The smallest absolute Gasteiger partial charge is 0.311 e. The summed E-state index contributed by atoms with van der Waals surface area (Å²) in [4.78, 5) is 11.5. The Labute approximate surface area is 98.3 Å². The fraction of sp³-hybridized carbons (Fsp3) is 0.917. The highest BCUT2D eigenvalue weighted by molar-refractivity contribution is 5.75. The minimum atomic E-state index is -0.403. The Morgan fingerprint density at radius 1 is 1.31 bits per heavy atom. The number of esters is 1. The minimum absolute atomic E-state index is 0.0720. The highest BCUT2D eigenvalue weighted by atomic mass is 16.6. The van der Waals surface area contributed by atoms with Crippen LogP contribution in [0.1, 0.15) is 34.1 Å². The third-order valence-electron chi connectivity index (χ3n) is 2.65. The van der Waals surface area contributed by atoms with Crippen LogP contribution in [-0.4, -0.2) is 39.0 Å². The van der Waals surface area contributed by atoms with Gasteiger partial charge in [0.15, 0.2) is 0 Å². The summed E-state index contributed by atoms with van der Waals surface area (Å²) in [6.45, 7) is 8.89. The van der Waals surface area contributed by atoms with Gasteiger partial charge in [0.25, 0.3) is 0 Å². The fourth-order valence-corrected chi connectivity index (χ4v) is 0.850. The molecule has 1 atom stereocenters. The molecule has 0 radical (unpaired) electrons. The molecule has 96 valence electrons. The van der Waals surface area contributed by atoms with Crippen LogP contribution >= 0.6 is 0 Å². The standard InChI is InChI=1S/C12H24O4/c1-6-12(3,4)11(13)16-8-7-15-9-10(2)14-5/h10H,6-9H2,1-5H3. The molecule has 0 bridgehead atoms. The van der Waals surface area contributed by atoms with E-state index in [2.05, 4.69) is 0 Å². The van der Waals surface area contributed by atoms with E-state index in [-0.39, 0.29) is 12.1 Å². The normalized spacial score (nSPS) is 13.6. The third-order valence-corrected chi connectivity index (χ3v) is 2.65. The Morgan fingerprint density at radius 2 is 1.94 bits per heavy atom. The first kappa shape index (κ1) is 15.4. The maximum atomic E-state index is 11.5. The van der Waals surface area contributed by atoms with Gasteiger partial charge in [0.2, 0.25) is 0 Å². The molecule has 0 aromatic heterocycles. The monoisotopic (exact) mass is 232 g/mol. The van der Waals surface area contributed by atoms with Crippen LogP contribution in [0.5, 0.6) is 0 Å². The molecule has 0 rings (SSSR count). The molecule has 0 aliphatic carbocycles. The molecule has 0 aromatic carbocycles. The lowest BCUT2D eigenvalue weighted by atomic mass is 9.91. The molecule has 0 amide bonds. The van der Waals surface area contributed by atoms with Gasteiger partial charge in [-0.15, -0.1) is 0 Å². The van der Waals surface area contributed by atoms with Crippen molar-refractivity contribution in [3.8, 4) is 0 Å². The quantitative estimate of drug-likeness (QED) is 0.474. The average molecular weight is 232 g/mol. The van der Waals surface area contributed by atoms with E-state index in [1.165, 1.54) is 0 Å². The van der Waals surface area contributed by atoms with Gasteiger partial charge in [0.1, 0.15) is 6.61 Å². The van der Waals surface area contributed by atoms with Crippen molar-refractivity contribution < 1.29 is 19.0 Å². The molecule has 0 fully saturated rings. The van der Waals surface area contributed by atoms with Crippen molar-refractivity contribution in [2.75, 3.05) is 26.9 Å². The summed E-state index contributed by atoms with van der Waals surface area (Å²) in [5.74, 6) is -0.168. The van der Waals surface area contributed by atoms with Crippen LogP contribution in [0, 0.1) is 5.41 Å². The van der Waals surface area contributed by atoms with Gasteiger partial charge in [-0.25, -0.2) is 0 Å². The number of rotatable bonds is 8. The first-order valence-corrected chi connectivity index (χ1v) is 5.71. The molecular weight excluding hydrogens is 208 g/mol. The van der Waals surface area contributed by atoms with Crippen LogP contribution in [0.25, 0.3) is 0 Å². The summed E-state index contributed by atoms with van der Waals surface area (Å²) in [5, 5.41) is 0. The van der Waals surface area contributed by atoms with E-state index in [1.807, 2.05) is 27.7 Å². The summed E-state index contributed by atoms with van der Waals surface area (Å²) in [5.41, 5.74) is -0.403. The number of carbonyl (C=O) groups is 1. The Morgan fingerprint density at radius 3 is 2.44 bits per heavy atom. The highest BCUT2D eigenvalue weighted by Gasteiger charge is 2.26. The van der Waals surface area contributed by atoms with Gasteiger partial charge in [-0.2, -0.15) is 0 Å². The largest absolute Gasteiger partial charge is 0.463 e. The van der Waals surface area contributed by atoms with Crippen molar-refractivity contribution >= 4 is 5.97 Å². The Hall–Kier alpha value is -0.610. The molecule has 0 aliphatic heterocycles. The Kier molecular flexibility index (Phi) is 7.34. The number of hydrogen-bond donors (Lipinski definition) is 0. The van der Waals surface area contributed by atoms with E-state index in [9.17, 15) is 4.79 Å². The van der Waals surface area contributed by atoms with Crippen molar-refractivity contribution in [1.29, 1.82) is 0 Å². The van der Waals surface area contributed by atoms with E-state index >= 15 is 0 Å². The molecule has 0 spiro atoms. The topological polar surface area (TPSA) is 44.8 Å². The molecule has 1 unspecified atom stereocenters. The summed E-state index contributed by atoms with van der Waals surface area (Å²) in [7, 11) is 1.64. The van der Waals surface area contributed by atoms with Gasteiger partial charge in [-0.1, -0.05) is 6.92 Å². The molecule has 4 heteroatoms. The average Bonchev–Trinajstić information content (AvgIpc) is 2.27. The van der Waals surface area contributed by atoms with E-state index in [1.54, 1.807) is 7.11 Å². The van der Waals surface area contributed by atoms with E-state index < -0.39 is 5.41 Å². The lowest BCUT2D eigenvalue weighted by Crippen LogP contribution is -2.27. The van der Waals surface area contributed by atoms with Crippen molar-refractivity contribution in [3.05, 3.63) is 0 Å². The number of carbonyl (C=O) groups excluding carboxylic acids is 1. The van der Waals surface area contributed by atoms with Crippen molar-refractivity contribution in [2.45, 2.75) is 40.2 Å². The Balaban J connectivity index is 3.56. The SMILES string of the molecule is CCC(C)(C)C(=O)OCCOCC(C)OC. The second kappa shape index (κ2) is 7.63. The molecule has 4 nitrogen and oxygen atoms in total. The highest BCUT2D eigenvalue weighted by Crippen LogP contribution is 2.21. The fourth-order valence-electron chi connectivity index (χ4n) is 0.850. The second-order valence-electron chi connectivity index (χ2n) is 4.49. The molecule has 0 saturated heterocycles. The molecule has 0 aromatic rings. The second-order valence-corrected chi connectivity index (χ2v) is 4.49. The lowest BCUT2D eigenvalue weighted by molar-refractivity contribution is -0.155. The molecule has 0 heterocycles. The summed E-state index contributed by atoms with van der Waals surface area (Å²) in [6.07, 6.45) is 0.843. The van der Waals surface area contributed by atoms with E-state index in [0.717, 1.165) is 6.42 Å². The summed E-state index contributed by atoms with van der Waals surface area (Å²) >= 11 is 0. The molecular formula is C12H24O4. The predicted molar refractivity (Wildman–Crippen MR) is 62.3 cm³/mol. The van der Waals surface area contributed by atoms with E-state index in [0.29, 0.717) is 19.8 Å². The number of hydrogen-bond acceptors (Lipinski definition) is 4. The van der Waals surface area contributed by atoms with Crippen molar-refractivity contribution in [2.24, 2.45) is 5.41 Å². The predicted octanol–water partition coefficient (Wildman–Crippen LogP) is 2.02. The van der Waals surface area contributed by atoms with Gasteiger partial charge in [0.05, 0.1) is 24.7 Å². The molecule has 0 aliphatic rings. The van der Waals surface area contributed by atoms with Gasteiger partial charge in [-0.3, -0.25) is 4.79 Å². The van der Waals surface area contributed by atoms with Gasteiger partial charge >= 0.3 is 5.97 Å². The number of methoxy groups -OCH3 is 1. The zero-order valence-corrected chi connectivity index (χ0v) is 11.0. The summed E-state index contributed by atoms with van der Waals surface area (Å²) < 4.78 is 15.4. The first-order valence-electron chi connectivity index (χ1n) is 5.71. The summed E-state index contributed by atoms with van der Waals surface area (Å²) in [6, 6.07) is 0. The Bertz CT molecular complexity index is 201. The van der Waals surface area contributed by atoms with Crippen molar-refractivity contribution in [1.82, 2.24) is 0 Å². The van der Waals surface area contributed by atoms with Crippen LogP contribution < -0.4 is 0 Å². The van der Waals surface area contributed by atoms with Crippen LogP contribution in [-0.2, 0) is 19.0 Å². The van der Waals surface area contributed by atoms with Crippen LogP contribution in [0.3, 0.4) is 0 Å². The van der Waals surface area contributed by atoms with E-state index in [4.69, 9.17) is 14.2 Å². The first-order chi connectivity index (χ1) is 7.44. The van der Waals surface area contributed by atoms with Crippen LogP contribution in [0.15, 0.2) is 0 Å². The minimum Gasteiger partial charge on any atom is -0.463 e. The maximum absolute atomic E-state index is 11.5. The molecule has 0 N–H and O–H groups in total.